The maximum atomic E-state index is 13.4. The van der Waals surface area contributed by atoms with Gasteiger partial charge in [0.1, 0.15) is 18.2 Å². The summed E-state index contributed by atoms with van der Waals surface area (Å²) in [4.78, 5) is 40.0. The van der Waals surface area contributed by atoms with E-state index in [1.807, 2.05) is 30.3 Å². The van der Waals surface area contributed by atoms with Gasteiger partial charge in [-0.15, -0.1) is 13.0 Å². The van der Waals surface area contributed by atoms with Crippen LogP contribution in [0.1, 0.15) is 43.5 Å². The van der Waals surface area contributed by atoms with Gasteiger partial charge in [-0.3, -0.25) is 9.59 Å². The van der Waals surface area contributed by atoms with Gasteiger partial charge in [0.05, 0.1) is 0 Å². The Labute approximate surface area is 201 Å². The van der Waals surface area contributed by atoms with Crippen molar-refractivity contribution in [3.8, 4) is 12.3 Å². The van der Waals surface area contributed by atoms with Crippen molar-refractivity contribution in [2.75, 3.05) is 13.1 Å². The number of carbonyl (C=O) groups is 3. The molecule has 0 fully saturated rings. The van der Waals surface area contributed by atoms with E-state index in [0.29, 0.717) is 11.1 Å². The Balaban J connectivity index is 2.32. The zero-order valence-electron chi connectivity index (χ0n) is 19.8. The summed E-state index contributed by atoms with van der Waals surface area (Å²) in [6.45, 7) is 8.88. The lowest BCUT2D eigenvalue weighted by Crippen LogP contribution is -2.48. The molecule has 0 aromatic heterocycles. The topological polar surface area (TPSA) is 87.7 Å². The highest BCUT2D eigenvalue weighted by Crippen LogP contribution is 2.25. The summed E-state index contributed by atoms with van der Waals surface area (Å²) >= 11 is 0. The van der Waals surface area contributed by atoms with Gasteiger partial charge in [0.15, 0.2) is 0 Å². The molecule has 0 aliphatic carbocycles. The van der Waals surface area contributed by atoms with Crippen molar-refractivity contribution < 1.29 is 19.1 Å². The number of ether oxygens (including phenoxy) is 1. The van der Waals surface area contributed by atoms with Crippen LogP contribution in [0.5, 0.6) is 0 Å². The van der Waals surface area contributed by atoms with E-state index in [2.05, 4.69) is 23.1 Å². The smallest absolute Gasteiger partial charge is 0.408 e. The van der Waals surface area contributed by atoms with Crippen molar-refractivity contribution in [3.05, 3.63) is 83.9 Å². The first-order valence-electron chi connectivity index (χ1n) is 10.9. The molecule has 0 heterocycles. The first-order valence-corrected chi connectivity index (χ1v) is 10.9. The van der Waals surface area contributed by atoms with Crippen LogP contribution in [0.2, 0.25) is 0 Å². The summed E-state index contributed by atoms with van der Waals surface area (Å²) in [5, 5.41) is 5.34. The summed E-state index contributed by atoms with van der Waals surface area (Å²) in [6.07, 6.45) is 6.47. The number of terminal acetylenes is 1. The predicted molar refractivity (Wildman–Crippen MR) is 132 cm³/mol. The van der Waals surface area contributed by atoms with E-state index < -0.39 is 29.6 Å². The maximum absolute atomic E-state index is 13.4. The summed E-state index contributed by atoms with van der Waals surface area (Å²) in [7, 11) is 0. The molecule has 0 aliphatic rings. The molecule has 1 unspecified atom stereocenters. The van der Waals surface area contributed by atoms with Crippen LogP contribution in [-0.2, 0) is 20.9 Å². The summed E-state index contributed by atoms with van der Waals surface area (Å²) in [5.41, 5.74) is 1.19. The van der Waals surface area contributed by atoms with Gasteiger partial charge in [-0.25, -0.2) is 4.79 Å². The molecule has 2 N–H and O–H groups in total. The number of nitrogens with one attached hydrogen (secondary N) is 2. The van der Waals surface area contributed by atoms with Crippen LogP contribution in [0.15, 0.2) is 67.3 Å². The van der Waals surface area contributed by atoms with Crippen molar-refractivity contribution >= 4 is 17.9 Å². The van der Waals surface area contributed by atoms with E-state index in [9.17, 15) is 14.4 Å². The molecule has 3 amide bonds. The molecule has 0 spiro atoms. The molecule has 0 saturated heterocycles. The first-order chi connectivity index (χ1) is 16.2. The number of carbonyl (C=O) groups excluding carboxylic acids is 3. The van der Waals surface area contributed by atoms with Gasteiger partial charge in [0, 0.05) is 18.7 Å². The SMILES string of the molecule is C#Cc1ccccc1C(C(=O)NCc1ccccc1)N(CC=C)C(=O)CNC(=O)OC(C)(C)C. The third-order valence-corrected chi connectivity index (χ3v) is 4.71. The Morgan fingerprint density at radius 2 is 1.74 bits per heavy atom. The predicted octanol–water partition coefficient (Wildman–Crippen LogP) is 3.56. The van der Waals surface area contributed by atoms with Gasteiger partial charge in [0.2, 0.25) is 11.8 Å². The summed E-state index contributed by atoms with van der Waals surface area (Å²) in [6, 6.07) is 15.3. The van der Waals surface area contributed by atoms with E-state index in [-0.39, 0.29) is 19.6 Å². The molecular formula is C27H31N3O4. The molecule has 2 aromatic carbocycles. The van der Waals surface area contributed by atoms with Crippen LogP contribution in [0.3, 0.4) is 0 Å². The minimum absolute atomic E-state index is 0.0666. The third-order valence-electron chi connectivity index (χ3n) is 4.71. The van der Waals surface area contributed by atoms with E-state index in [0.717, 1.165) is 5.56 Å². The standard InChI is InChI=1S/C27H31N3O4/c1-6-17-30(23(31)19-29-26(33)34-27(3,4)5)24(22-16-12-11-15-21(22)7-2)25(32)28-18-20-13-9-8-10-14-20/h2,6,8-16,24H,1,17-19H2,3-5H3,(H,28,32)(H,29,33). The maximum Gasteiger partial charge on any atom is 0.408 e. The van der Waals surface area contributed by atoms with Crippen LogP contribution in [0.25, 0.3) is 0 Å². The molecular weight excluding hydrogens is 430 g/mol. The number of amides is 3. The molecule has 178 valence electrons. The van der Waals surface area contributed by atoms with Crippen molar-refractivity contribution in [1.82, 2.24) is 15.5 Å². The molecule has 2 rings (SSSR count). The van der Waals surface area contributed by atoms with E-state index in [1.165, 1.54) is 11.0 Å². The van der Waals surface area contributed by atoms with Crippen LogP contribution in [0.4, 0.5) is 4.79 Å². The van der Waals surface area contributed by atoms with Crippen molar-refractivity contribution in [3.63, 3.8) is 0 Å². The Bertz CT molecular complexity index is 1050. The zero-order valence-corrected chi connectivity index (χ0v) is 19.8. The fraction of sp³-hybridized carbons (Fsp3) is 0.296. The average Bonchev–Trinajstić information content (AvgIpc) is 2.80. The lowest BCUT2D eigenvalue weighted by atomic mass is 9.98. The minimum Gasteiger partial charge on any atom is -0.444 e. The monoisotopic (exact) mass is 461 g/mol. The summed E-state index contributed by atoms with van der Waals surface area (Å²) < 4.78 is 5.20. The number of hydrogen-bond acceptors (Lipinski definition) is 4. The second-order valence-electron chi connectivity index (χ2n) is 8.53. The van der Waals surface area contributed by atoms with Crippen LogP contribution in [-0.4, -0.2) is 41.5 Å². The van der Waals surface area contributed by atoms with Gasteiger partial charge in [-0.1, -0.05) is 60.5 Å². The van der Waals surface area contributed by atoms with Crippen LogP contribution in [0, 0.1) is 12.3 Å². The second kappa shape index (κ2) is 12.3. The zero-order chi connectivity index (χ0) is 25.1. The van der Waals surface area contributed by atoms with Gasteiger partial charge >= 0.3 is 6.09 Å². The number of hydrogen-bond donors (Lipinski definition) is 2. The fourth-order valence-corrected chi connectivity index (χ4v) is 3.25. The normalized spacial score (nSPS) is 11.5. The molecule has 7 nitrogen and oxygen atoms in total. The second-order valence-corrected chi connectivity index (χ2v) is 8.53. The van der Waals surface area contributed by atoms with Crippen molar-refractivity contribution in [2.24, 2.45) is 0 Å². The molecule has 0 bridgehead atoms. The Kier molecular flexibility index (Phi) is 9.45. The molecule has 1 atom stereocenters. The highest BCUT2D eigenvalue weighted by atomic mass is 16.6. The fourth-order valence-electron chi connectivity index (χ4n) is 3.25. The number of nitrogens with zero attached hydrogens (tertiary/aromatic N) is 1. The molecule has 0 aliphatic heterocycles. The van der Waals surface area contributed by atoms with Gasteiger partial charge in [0.25, 0.3) is 0 Å². The average molecular weight is 462 g/mol. The highest BCUT2D eigenvalue weighted by Gasteiger charge is 2.32. The molecule has 0 radical (unpaired) electrons. The van der Waals surface area contributed by atoms with Crippen molar-refractivity contribution in [1.29, 1.82) is 0 Å². The van der Waals surface area contributed by atoms with Gasteiger partial charge in [-0.05, 0) is 38.0 Å². The van der Waals surface area contributed by atoms with Crippen LogP contribution < -0.4 is 10.6 Å². The largest absolute Gasteiger partial charge is 0.444 e. The quantitative estimate of drug-likeness (QED) is 0.442. The van der Waals surface area contributed by atoms with Gasteiger partial charge < -0.3 is 20.3 Å². The number of rotatable bonds is 9. The highest BCUT2D eigenvalue weighted by molar-refractivity contribution is 5.91. The molecule has 0 saturated carbocycles. The lowest BCUT2D eigenvalue weighted by molar-refractivity contribution is -0.139. The van der Waals surface area contributed by atoms with Gasteiger partial charge in [-0.2, -0.15) is 0 Å². The minimum atomic E-state index is -1.03. The molecule has 7 heteroatoms. The Morgan fingerprint density at radius 1 is 1.09 bits per heavy atom. The first kappa shape index (κ1) is 26.2. The van der Waals surface area contributed by atoms with E-state index in [1.54, 1.807) is 45.0 Å². The van der Waals surface area contributed by atoms with Crippen LogP contribution >= 0.6 is 0 Å². The molecule has 34 heavy (non-hydrogen) atoms. The lowest BCUT2D eigenvalue weighted by Gasteiger charge is -2.31. The van der Waals surface area contributed by atoms with E-state index in [4.69, 9.17) is 11.2 Å². The third kappa shape index (κ3) is 7.82. The number of alkyl carbamates (subject to hydrolysis) is 1. The van der Waals surface area contributed by atoms with E-state index >= 15 is 0 Å². The Morgan fingerprint density at radius 3 is 2.35 bits per heavy atom. The Hall–Kier alpha value is -4.05. The summed E-state index contributed by atoms with van der Waals surface area (Å²) in [5.74, 6) is 1.69. The molecule has 2 aromatic rings. The number of benzene rings is 2. The van der Waals surface area contributed by atoms with Crippen molar-refractivity contribution in [2.45, 2.75) is 39.0 Å².